The van der Waals surface area contributed by atoms with E-state index in [1.807, 2.05) is 23.9 Å². The number of allylic oxidation sites excluding steroid dienone is 1. The van der Waals surface area contributed by atoms with Gasteiger partial charge in [0.25, 0.3) is 0 Å². The number of carbonyl (C=O) groups is 2. The van der Waals surface area contributed by atoms with E-state index in [4.69, 9.17) is 0 Å². The van der Waals surface area contributed by atoms with E-state index in [9.17, 15) is 14.7 Å². The van der Waals surface area contributed by atoms with Gasteiger partial charge in [-0.1, -0.05) is 12.1 Å². The van der Waals surface area contributed by atoms with Gasteiger partial charge in [0, 0.05) is 23.0 Å². The first kappa shape index (κ1) is 15.9. The monoisotopic (exact) mass is 342 g/mol. The first-order chi connectivity index (χ1) is 11.6. The van der Waals surface area contributed by atoms with E-state index < -0.39 is 5.97 Å². The summed E-state index contributed by atoms with van der Waals surface area (Å²) in [5, 5.41) is 10.4. The van der Waals surface area contributed by atoms with E-state index in [-0.39, 0.29) is 11.7 Å². The molecule has 1 aromatic carbocycles. The maximum atomic E-state index is 11.8. The number of thioether (sulfide) groups is 1. The fourth-order valence-electron chi connectivity index (χ4n) is 3.41. The fraction of sp³-hybridized carbons (Fsp3) is 0.500. The van der Waals surface area contributed by atoms with Gasteiger partial charge in [0.1, 0.15) is 5.78 Å². The van der Waals surface area contributed by atoms with Gasteiger partial charge in [-0.2, -0.15) is 0 Å². The third-order valence-electron chi connectivity index (χ3n) is 5.07. The molecule has 3 aliphatic rings. The molecule has 1 atom stereocenters. The maximum absolute atomic E-state index is 11.8. The van der Waals surface area contributed by atoms with Gasteiger partial charge in [0.05, 0.1) is 5.57 Å². The molecule has 1 N–H and O–H groups in total. The summed E-state index contributed by atoms with van der Waals surface area (Å²) in [7, 11) is 0. The van der Waals surface area contributed by atoms with Gasteiger partial charge in [-0.3, -0.25) is 4.79 Å². The van der Waals surface area contributed by atoms with Crippen LogP contribution >= 0.6 is 11.8 Å². The normalized spacial score (nSPS) is 24.4. The summed E-state index contributed by atoms with van der Waals surface area (Å²) >= 11 is 1.95. The Kier molecular flexibility index (Phi) is 4.25. The molecule has 3 nitrogen and oxygen atoms in total. The summed E-state index contributed by atoms with van der Waals surface area (Å²) in [4.78, 5) is 24.6. The number of hydrogen-bond acceptors (Lipinski definition) is 3. The largest absolute Gasteiger partial charge is 0.478 e. The summed E-state index contributed by atoms with van der Waals surface area (Å²) in [5.41, 5.74) is 2.49. The first-order valence-corrected chi connectivity index (χ1v) is 9.76. The molecule has 3 saturated carbocycles. The number of ketones is 1. The predicted molar refractivity (Wildman–Crippen MR) is 95.3 cm³/mol. The lowest BCUT2D eigenvalue weighted by atomic mass is 9.96. The Balaban J connectivity index is 1.64. The van der Waals surface area contributed by atoms with Crippen LogP contribution in [0.3, 0.4) is 0 Å². The fourth-order valence-corrected chi connectivity index (χ4v) is 4.65. The Labute approximate surface area is 146 Å². The molecule has 0 aromatic heterocycles. The van der Waals surface area contributed by atoms with Crippen molar-refractivity contribution in [3.63, 3.8) is 0 Å². The highest BCUT2D eigenvalue weighted by atomic mass is 32.2. The van der Waals surface area contributed by atoms with E-state index in [1.54, 1.807) is 0 Å². The van der Waals surface area contributed by atoms with Crippen molar-refractivity contribution in [3.8, 4) is 0 Å². The minimum absolute atomic E-state index is 0.0773. The van der Waals surface area contributed by atoms with E-state index in [1.165, 1.54) is 36.1 Å². The Bertz CT molecular complexity index is 714. The lowest BCUT2D eigenvalue weighted by Crippen LogP contribution is -2.04. The number of carboxylic acids is 1. The Morgan fingerprint density at radius 1 is 1.17 bits per heavy atom. The van der Waals surface area contributed by atoms with E-state index >= 15 is 0 Å². The molecule has 4 rings (SSSR count). The average Bonchev–Trinajstić information content (AvgIpc) is 3.46. The van der Waals surface area contributed by atoms with Crippen LogP contribution in [0.2, 0.25) is 0 Å². The number of Topliss-reactive ketones (excluding diaryl/α,β-unsaturated/α-hetero) is 1. The summed E-state index contributed by atoms with van der Waals surface area (Å²) in [6, 6.07) is 6.16. The lowest BCUT2D eigenvalue weighted by Gasteiger charge is -2.12. The molecule has 0 radical (unpaired) electrons. The van der Waals surface area contributed by atoms with Crippen molar-refractivity contribution in [3.05, 3.63) is 35.4 Å². The van der Waals surface area contributed by atoms with E-state index in [2.05, 4.69) is 12.1 Å². The minimum atomic E-state index is -0.890. The molecule has 1 aromatic rings. The van der Waals surface area contributed by atoms with Gasteiger partial charge in [-0.05, 0) is 67.2 Å². The molecule has 0 saturated heterocycles. The SMILES string of the molecule is O=C1CC[C@@H](/C=C(/C(=O)O)c2ccc(SC3CC3)c(C3CC3)c2)C1. The second-order valence-electron chi connectivity index (χ2n) is 7.27. The van der Waals surface area contributed by atoms with Crippen LogP contribution in [0, 0.1) is 5.92 Å². The Morgan fingerprint density at radius 2 is 1.96 bits per heavy atom. The molecule has 0 spiro atoms. The van der Waals surface area contributed by atoms with Gasteiger partial charge in [0.15, 0.2) is 0 Å². The van der Waals surface area contributed by atoms with E-state index in [0.717, 1.165) is 17.2 Å². The molecule has 0 unspecified atom stereocenters. The van der Waals surface area contributed by atoms with Gasteiger partial charge in [-0.25, -0.2) is 4.79 Å². The van der Waals surface area contributed by atoms with Crippen LogP contribution in [0.25, 0.3) is 5.57 Å². The zero-order chi connectivity index (χ0) is 16.7. The first-order valence-electron chi connectivity index (χ1n) is 8.88. The summed E-state index contributed by atoms with van der Waals surface area (Å²) in [6.07, 6.45) is 8.68. The molecule has 126 valence electrons. The maximum Gasteiger partial charge on any atom is 0.335 e. The molecule has 0 bridgehead atoms. The molecule has 24 heavy (non-hydrogen) atoms. The van der Waals surface area contributed by atoms with Gasteiger partial charge >= 0.3 is 5.97 Å². The van der Waals surface area contributed by atoms with Crippen LogP contribution < -0.4 is 0 Å². The van der Waals surface area contributed by atoms with Crippen LogP contribution in [0.1, 0.15) is 62.0 Å². The number of benzene rings is 1. The molecule has 3 fully saturated rings. The van der Waals surface area contributed by atoms with Gasteiger partial charge in [0.2, 0.25) is 0 Å². The topological polar surface area (TPSA) is 54.4 Å². The van der Waals surface area contributed by atoms with Crippen molar-refractivity contribution >= 4 is 29.1 Å². The highest BCUT2D eigenvalue weighted by Crippen LogP contribution is 2.48. The number of carbonyl (C=O) groups excluding carboxylic acids is 1. The molecule has 4 heteroatoms. The Hall–Kier alpha value is -1.55. The van der Waals surface area contributed by atoms with Crippen LogP contribution in [0.15, 0.2) is 29.2 Å². The Morgan fingerprint density at radius 3 is 2.54 bits per heavy atom. The molecule has 0 aliphatic heterocycles. The summed E-state index contributed by atoms with van der Waals surface area (Å²) in [5.74, 6) is 0.0392. The predicted octanol–water partition coefficient (Wildman–Crippen LogP) is 4.66. The molecular formula is C20H22O3S. The molecule has 0 heterocycles. The second-order valence-corrected chi connectivity index (χ2v) is 8.61. The average molecular weight is 342 g/mol. The smallest absolute Gasteiger partial charge is 0.335 e. The van der Waals surface area contributed by atoms with Gasteiger partial charge in [-0.15, -0.1) is 11.8 Å². The molecular weight excluding hydrogens is 320 g/mol. The second kappa shape index (κ2) is 6.40. The number of aliphatic carboxylic acids is 1. The van der Waals surface area contributed by atoms with Crippen molar-refractivity contribution in [2.45, 2.75) is 61.0 Å². The molecule has 0 amide bonds. The van der Waals surface area contributed by atoms with Crippen molar-refractivity contribution in [2.75, 3.05) is 0 Å². The highest BCUT2D eigenvalue weighted by molar-refractivity contribution is 8.00. The quantitative estimate of drug-likeness (QED) is 0.764. The van der Waals surface area contributed by atoms with Gasteiger partial charge < -0.3 is 5.11 Å². The zero-order valence-corrected chi connectivity index (χ0v) is 14.5. The van der Waals surface area contributed by atoms with Crippen molar-refractivity contribution < 1.29 is 14.7 Å². The summed E-state index contributed by atoms with van der Waals surface area (Å²) in [6.45, 7) is 0. The standard InChI is InChI=1S/C20H22O3S/c21-15-5-1-12(9-15)10-18(20(22)23)14-4-8-19(24-16-6-7-16)17(11-14)13-2-3-13/h4,8,10-13,16H,1-3,5-7,9H2,(H,22,23)/b18-10+/t12-/m1/s1. The highest BCUT2D eigenvalue weighted by Gasteiger charge is 2.30. The third kappa shape index (κ3) is 3.59. The lowest BCUT2D eigenvalue weighted by molar-refractivity contribution is -0.130. The minimum Gasteiger partial charge on any atom is -0.478 e. The number of carboxylic acid groups (broad SMARTS) is 1. The van der Waals surface area contributed by atoms with Crippen molar-refractivity contribution in [2.24, 2.45) is 5.92 Å². The van der Waals surface area contributed by atoms with Crippen LogP contribution in [-0.4, -0.2) is 22.1 Å². The van der Waals surface area contributed by atoms with E-state index in [0.29, 0.717) is 24.3 Å². The number of hydrogen-bond donors (Lipinski definition) is 1. The van der Waals surface area contributed by atoms with Crippen LogP contribution in [-0.2, 0) is 9.59 Å². The van der Waals surface area contributed by atoms with Crippen LogP contribution in [0.5, 0.6) is 0 Å². The molecule has 3 aliphatic carbocycles. The van der Waals surface area contributed by atoms with Crippen LogP contribution in [0.4, 0.5) is 0 Å². The van der Waals surface area contributed by atoms with Crippen molar-refractivity contribution in [1.82, 2.24) is 0 Å². The zero-order valence-electron chi connectivity index (χ0n) is 13.7. The van der Waals surface area contributed by atoms with Crippen molar-refractivity contribution in [1.29, 1.82) is 0 Å². The summed E-state index contributed by atoms with van der Waals surface area (Å²) < 4.78 is 0. The third-order valence-corrected chi connectivity index (χ3v) is 6.50. The number of rotatable bonds is 6.